The van der Waals surface area contributed by atoms with Gasteiger partial charge in [-0.1, -0.05) is 11.3 Å². The summed E-state index contributed by atoms with van der Waals surface area (Å²) < 4.78 is 39.6. The molecule has 3 heterocycles. The maximum atomic E-state index is 13.0. The quantitative estimate of drug-likeness (QED) is 0.387. The predicted octanol–water partition coefficient (Wildman–Crippen LogP) is 3.91. The van der Waals surface area contributed by atoms with Crippen LogP contribution < -0.4 is 9.64 Å². The fourth-order valence-electron chi connectivity index (χ4n) is 4.40. The van der Waals surface area contributed by atoms with Crippen LogP contribution in [0.2, 0.25) is 0 Å². The summed E-state index contributed by atoms with van der Waals surface area (Å²) in [6.45, 7) is 6.36. The molecule has 5 rings (SSSR count). The second kappa shape index (κ2) is 9.26. The number of hydrogen-bond acceptors (Lipinski definition) is 8. The number of hydrogen-bond donors (Lipinski definition) is 0. The SMILES string of the molecule is CC1CN(S(=O)(=O)c2ccc(C(=O)Oc3ccc4nc(N5CCCC5)sc4c3)cc2)CC(C)O1. The molecule has 2 fully saturated rings. The average Bonchev–Trinajstić information content (AvgIpc) is 3.48. The minimum absolute atomic E-state index is 0.144. The molecule has 2 aliphatic rings. The van der Waals surface area contributed by atoms with E-state index < -0.39 is 16.0 Å². The van der Waals surface area contributed by atoms with Crippen LogP contribution in [-0.2, 0) is 14.8 Å². The zero-order chi connectivity index (χ0) is 23.9. The molecule has 0 bridgehead atoms. The van der Waals surface area contributed by atoms with Crippen molar-refractivity contribution in [3.63, 3.8) is 0 Å². The van der Waals surface area contributed by atoms with Crippen molar-refractivity contribution < 1.29 is 22.7 Å². The fourth-order valence-corrected chi connectivity index (χ4v) is 7.04. The molecule has 2 unspecified atom stereocenters. The van der Waals surface area contributed by atoms with E-state index in [2.05, 4.69) is 9.88 Å². The summed E-state index contributed by atoms with van der Waals surface area (Å²) in [7, 11) is -3.67. The van der Waals surface area contributed by atoms with E-state index in [-0.39, 0.29) is 22.7 Å². The van der Waals surface area contributed by atoms with Crippen LogP contribution in [0.25, 0.3) is 10.2 Å². The Bertz CT molecular complexity index is 1290. The molecule has 0 radical (unpaired) electrons. The van der Waals surface area contributed by atoms with E-state index in [1.165, 1.54) is 41.4 Å². The summed E-state index contributed by atoms with van der Waals surface area (Å²) in [6, 6.07) is 11.3. The molecule has 2 aromatic carbocycles. The molecule has 8 nitrogen and oxygen atoms in total. The number of fused-ring (bicyclic) bond motifs is 1. The van der Waals surface area contributed by atoms with Gasteiger partial charge in [0, 0.05) is 32.2 Å². The van der Waals surface area contributed by atoms with Crippen LogP contribution >= 0.6 is 11.3 Å². The Morgan fingerprint density at radius 2 is 1.74 bits per heavy atom. The Labute approximate surface area is 203 Å². The number of rotatable bonds is 5. The lowest BCUT2D eigenvalue weighted by Crippen LogP contribution is -2.48. The average molecular weight is 502 g/mol. The summed E-state index contributed by atoms with van der Waals surface area (Å²) in [4.78, 5) is 19.8. The number of esters is 1. The van der Waals surface area contributed by atoms with Crippen LogP contribution in [0, 0.1) is 0 Å². The second-order valence-electron chi connectivity index (χ2n) is 8.81. The van der Waals surface area contributed by atoms with E-state index in [1.807, 2.05) is 26.0 Å². The zero-order valence-electron chi connectivity index (χ0n) is 19.1. The van der Waals surface area contributed by atoms with E-state index in [0.717, 1.165) is 28.4 Å². The van der Waals surface area contributed by atoms with Crippen molar-refractivity contribution in [2.45, 2.75) is 43.8 Å². The molecule has 2 atom stereocenters. The Hall–Kier alpha value is -2.53. The van der Waals surface area contributed by atoms with Gasteiger partial charge in [-0.05, 0) is 63.1 Å². The summed E-state index contributed by atoms with van der Waals surface area (Å²) in [5, 5.41) is 0.997. The number of anilines is 1. The van der Waals surface area contributed by atoms with Crippen LogP contribution in [0.5, 0.6) is 5.75 Å². The molecule has 0 saturated carbocycles. The van der Waals surface area contributed by atoms with Gasteiger partial charge in [0.15, 0.2) is 5.13 Å². The molecule has 0 amide bonds. The fraction of sp³-hybridized carbons (Fsp3) is 0.417. The second-order valence-corrected chi connectivity index (χ2v) is 11.8. The van der Waals surface area contributed by atoms with Crippen LogP contribution in [0.1, 0.15) is 37.0 Å². The topological polar surface area (TPSA) is 89.0 Å². The highest BCUT2D eigenvalue weighted by Gasteiger charge is 2.32. The van der Waals surface area contributed by atoms with E-state index in [0.29, 0.717) is 18.8 Å². The first kappa shape index (κ1) is 23.2. The summed E-state index contributed by atoms with van der Waals surface area (Å²) >= 11 is 1.59. The van der Waals surface area contributed by atoms with Crippen molar-refractivity contribution in [2.75, 3.05) is 31.1 Å². The molecule has 180 valence electrons. The van der Waals surface area contributed by atoms with Gasteiger partial charge in [-0.25, -0.2) is 18.2 Å². The van der Waals surface area contributed by atoms with Gasteiger partial charge in [0.2, 0.25) is 10.0 Å². The number of carbonyl (C=O) groups is 1. The zero-order valence-corrected chi connectivity index (χ0v) is 20.8. The van der Waals surface area contributed by atoms with Gasteiger partial charge in [-0.2, -0.15) is 4.31 Å². The number of benzene rings is 2. The number of morpholine rings is 1. The summed E-state index contributed by atoms with van der Waals surface area (Å²) in [5.74, 6) is -0.108. The smallest absolute Gasteiger partial charge is 0.343 e. The first-order valence-electron chi connectivity index (χ1n) is 11.4. The van der Waals surface area contributed by atoms with E-state index in [4.69, 9.17) is 9.47 Å². The third-order valence-corrected chi connectivity index (χ3v) is 8.97. The molecule has 10 heteroatoms. The molecular weight excluding hydrogens is 474 g/mol. The highest BCUT2D eigenvalue weighted by Crippen LogP contribution is 2.33. The van der Waals surface area contributed by atoms with Gasteiger partial charge < -0.3 is 14.4 Å². The molecule has 0 N–H and O–H groups in total. The highest BCUT2D eigenvalue weighted by molar-refractivity contribution is 7.89. The predicted molar refractivity (Wildman–Crippen MR) is 131 cm³/mol. The normalized spacial score (nSPS) is 21.8. The third kappa shape index (κ3) is 4.68. The number of aromatic nitrogens is 1. The molecule has 34 heavy (non-hydrogen) atoms. The largest absolute Gasteiger partial charge is 0.423 e. The molecular formula is C24H27N3O5S2. The summed E-state index contributed by atoms with van der Waals surface area (Å²) in [6.07, 6.45) is 2.03. The first-order valence-corrected chi connectivity index (χ1v) is 13.7. The van der Waals surface area contributed by atoms with Crippen molar-refractivity contribution in [3.8, 4) is 5.75 Å². The lowest BCUT2D eigenvalue weighted by molar-refractivity contribution is -0.0440. The molecule has 0 aliphatic carbocycles. The van der Waals surface area contributed by atoms with Crippen molar-refractivity contribution in [3.05, 3.63) is 48.0 Å². The minimum atomic E-state index is -3.67. The highest BCUT2D eigenvalue weighted by atomic mass is 32.2. The van der Waals surface area contributed by atoms with Gasteiger partial charge in [0.25, 0.3) is 0 Å². The molecule has 2 aliphatic heterocycles. The van der Waals surface area contributed by atoms with Gasteiger partial charge in [-0.15, -0.1) is 0 Å². The van der Waals surface area contributed by atoms with Gasteiger partial charge in [-0.3, -0.25) is 0 Å². The number of thiazole rings is 1. The minimum Gasteiger partial charge on any atom is -0.423 e. The van der Waals surface area contributed by atoms with Crippen molar-refractivity contribution in [2.24, 2.45) is 0 Å². The summed E-state index contributed by atoms with van der Waals surface area (Å²) in [5.41, 5.74) is 1.16. The van der Waals surface area contributed by atoms with Crippen LogP contribution in [0.15, 0.2) is 47.4 Å². The lowest BCUT2D eigenvalue weighted by atomic mass is 10.2. The Morgan fingerprint density at radius 3 is 2.41 bits per heavy atom. The van der Waals surface area contributed by atoms with Crippen molar-refractivity contribution in [1.29, 1.82) is 0 Å². The van der Waals surface area contributed by atoms with Gasteiger partial charge in [0.05, 0.1) is 32.9 Å². The van der Waals surface area contributed by atoms with Crippen molar-refractivity contribution >= 4 is 42.7 Å². The Morgan fingerprint density at radius 1 is 1.06 bits per heavy atom. The van der Waals surface area contributed by atoms with Gasteiger partial charge in [0.1, 0.15) is 5.75 Å². The van der Waals surface area contributed by atoms with Crippen LogP contribution in [0.3, 0.4) is 0 Å². The van der Waals surface area contributed by atoms with E-state index in [1.54, 1.807) is 17.4 Å². The maximum Gasteiger partial charge on any atom is 0.343 e. The van der Waals surface area contributed by atoms with E-state index in [9.17, 15) is 13.2 Å². The van der Waals surface area contributed by atoms with Crippen LogP contribution in [-0.4, -0.2) is 62.1 Å². The van der Waals surface area contributed by atoms with Crippen molar-refractivity contribution in [1.82, 2.24) is 9.29 Å². The van der Waals surface area contributed by atoms with Crippen LogP contribution in [0.4, 0.5) is 5.13 Å². The van der Waals surface area contributed by atoms with Gasteiger partial charge >= 0.3 is 5.97 Å². The standard InChI is InChI=1S/C24H27N3O5S2/c1-16-14-27(15-17(2)31-16)34(29,30)20-8-5-18(6-9-20)23(28)32-19-7-10-21-22(13-19)33-24(25-21)26-11-3-4-12-26/h5-10,13,16-17H,3-4,11-12,14-15H2,1-2H3. The van der Waals surface area contributed by atoms with E-state index >= 15 is 0 Å². The number of ether oxygens (including phenoxy) is 2. The lowest BCUT2D eigenvalue weighted by Gasteiger charge is -2.34. The number of nitrogens with zero attached hydrogens (tertiary/aromatic N) is 3. The number of carbonyl (C=O) groups excluding carboxylic acids is 1. The molecule has 2 saturated heterocycles. The monoisotopic (exact) mass is 501 g/mol. The number of sulfonamides is 1. The Kier molecular flexibility index (Phi) is 6.32. The first-order chi connectivity index (χ1) is 16.3. The molecule has 1 aromatic heterocycles. The molecule has 0 spiro atoms. The molecule has 3 aromatic rings. The third-order valence-electron chi connectivity index (χ3n) is 6.05. The maximum absolute atomic E-state index is 13.0. The Balaban J connectivity index is 1.29.